The van der Waals surface area contributed by atoms with Crippen molar-refractivity contribution in [2.75, 3.05) is 12.4 Å². The monoisotopic (exact) mass is 292 g/mol. The third kappa shape index (κ3) is 11.0. The van der Waals surface area contributed by atoms with Gasteiger partial charge in [0.1, 0.15) is 0 Å². The Hall–Kier alpha value is 0.925. The second-order valence-electron chi connectivity index (χ2n) is 2.53. The van der Waals surface area contributed by atoms with Gasteiger partial charge in [-0.15, -0.1) is 0 Å². The number of carbonyl (C=O) groups excluding carboxylic acids is 1. The standard InChI is InChI=1S/C7H12O5S.Rb/c1-6(2)7(8)12-4-3-5-13(9,10)11;/h1,3-5H2,2H3,(H,9,10,11);/q;+1/p-1. The Morgan fingerprint density at radius 3 is 2.36 bits per heavy atom. The molecule has 0 atom stereocenters. The van der Waals surface area contributed by atoms with Crippen molar-refractivity contribution < 1.29 is 80.7 Å². The Morgan fingerprint density at radius 2 is 2.00 bits per heavy atom. The summed E-state index contributed by atoms with van der Waals surface area (Å²) in [6, 6.07) is 0. The summed E-state index contributed by atoms with van der Waals surface area (Å²) in [5.41, 5.74) is 0.241. The summed E-state index contributed by atoms with van der Waals surface area (Å²) in [5, 5.41) is 0. The third-order valence-corrected chi connectivity index (χ3v) is 1.91. The summed E-state index contributed by atoms with van der Waals surface area (Å²) in [5.74, 6) is -1.10. The number of carbonyl (C=O) groups is 1. The average molecular weight is 293 g/mol. The molecule has 0 saturated heterocycles. The summed E-state index contributed by atoms with van der Waals surface area (Å²) in [4.78, 5) is 10.7. The molecule has 0 aromatic carbocycles. The number of rotatable bonds is 5. The summed E-state index contributed by atoms with van der Waals surface area (Å²) in [6.07, 6.45) is 0.0187. The van der Waals surface area contributed by atoms with E-state index in [-0.39, 0.29) is 76.8 Å². The zero-order valence-electron chi connectivity index (χ0n) is 8.28. The van der Waals surface area contributed by atoms with E-state index in [0.717, 1.165) is 0 Å². The predicted octanol–water partition coefficient (Wildman–Crippen LogP) is -2.95. The minimum atomic E-state index is -4.21. The van der Waals surface area contributed by atoms with Crippen molar-refractivity contribution in [3.05, 3.63) is 12.2 Å². The first kappa shape index (κ1) is 17.3. The molecule has 7 heteroatoms. The summed E-state index contributed by atoms with van der Waals surface area (Å²) in [6.45, 7) is 4.73. The van der Waals surface area contributed by atoms with E-state index in [1.54, 1.807) is 0 Å². The van der Waals surface area contributed by atoms with Gasteiger partial charge in [0.05, 0.1) is 16.7 Å². The molecule has 0 radical (unpaired) electrons. The first-order chi connectivity index (χ1) is 5.83. The second kappa shape index (κ2) is 8.12. The first-order valence-corrected chi connectivity index (χ1v) is 5.17. The van der Waals surface area contributed by atoms with Crippen molar-refractivity contribution in [3.63, 3.8) is 0 Å². The summed E-state index contributed by atoms with van der Waals surface area (Å²) >= 11 is 0. The topological polar surface area (TPSA) is 83.5 Å². The molecule has 0 aromatic rings. The largest absolute Gasteiger partial charge is 1.00 e. The summed E-state index contributed by atoms with van der Waals surface area (Å²) in [7, 11) is -4.21. The van der Waals surface area contributed by atoms with Gasteiger partial charge in [0, 0.05) is 11.3 Å². The number of ether oxygens (including phenoxy) is 1. The minimum Gasteiger partial charge on any atom is -0.748 e. The van der Waals surface area contributed by atoms with Crippen LogP contribution in [0.4, 0.5) is 0 Å². The molecule has 0 N–H and O–H groups in total. The van der Waals surface area contributed by atoms with Gasteiger partial charge < -0.3 is 9.29 Å². The van der Waals surface area contributed by atoms with Gasteiger partial charge in [-0.1, -0.05) is 6.58 Å². The molecule has 0 aromatic heterocycles. The van der Waals surface area contributed by atoms with Gasteiger partial charge in [-0.05, 0) is 13.3 Å². The van der Waals surface area contributed by atoms with Gasteiger partial charge >= 0.3 is 64.2 Å². The van der Waals surface area contributed by atoms with Crippen LogP contribution in [0.2, 0.25) is 0 Å². The molecule has 0 rings (SSSR count). The maximum Gasteiger partial charge on any atom is 1.00 e. The molecule has 0 aliphatic carbocycles. The maximum absolute atomic E-state index is 10.7. The fourth-order valence-corrected chi connectivity index (χ4v) is 0.995. The van der Waals surface area contributed by atoms with Crippen LogP contribution in [0.25, 0.3) is 0 Å². The van der Waals surface area contributed by atoms with Crippen molar-refractivity contribution in [2.45, 2.75) is 13.3 Å². The van der Waals surface area contributed by atoms with Gasteiger partial charge in [-0.3, -0.25) is 0 Å². The molecular weight excluding hydrogens is 282 g/mol. The van der Waals surface area contributed by atoms with Crippen LogP contribution in [0.5, 0.6) is 0 Å². The number of esters is 1. The van der Waals surface area contributed by atoms with Crippen molar-refractivity contribution in [2.24, 2.45) is 0 Å². The smallest absolute Gasteiger partial charge is 0.748 e. The Labute approximate surface area is 132 Å². The van der Waals surface area contributed by atoms with Crippen LogP contribution in [-0.2, 0) is 19.6 Å². The fourth-order valence-electron chi connectivity index (χ4n) is 0.524. The van der Waals surface area contributed by atoms with Crippen LogP contribution in [-0.4, -0.2) is 31.3 Å². The molecule has 5 nitrogen and oxygen atoms in total. The Balaban J connectivity index is 0. The molecule has 0 bridgehead atoms. The third-order valence-electron chi connectivity index (χ3n) is 1.12. The number of hydrogen-bond acceptors (Lipinski definition) is 5. The van der Waals surface area contributed by atoms with Gasteiger partial charge in [-0.2, -0.15) is 0 Å². The molecule has 0 heterocycles. The summed E-state index contributed by atoms with van der Waals surface area (Å²) < 4.78 is 34.8. The number of hydrogen-bond donors (Lipinski definition) is 0. The molecule has 0 unspecified atom stereocenters. The van der Waals surface area contributed by atoms with Crippen molar-refractivity contribution in [1.82, 2.24) is 0 Å². The van der Waals surface area contributed by atoms with E-state index in [4.69, 9.17) is 0 Å². The Morgan fingerprint density at radius 1 is 1.50 bits per heavy atom. The molecule has 0 aliphatic rings. The molecule has 0 fully saturated rings. The van der Waals surface area contributed by atoms with Crippen LogP contribution >= 0.6 is 0 Å². The molecule has 0 saturated carbocycles. The van der Waals surface area contributed by atoms with E-state index in [1.807, 2.05) is 0 Å². The maximum atomic E-state index is 10.7. The fraction of sp³-hybridized carbons (Fsp3) is 0.571. The second-order valence-corrected chi connectivity index (χ2v) is 4.06. The Kier molecular flexibility index (Phi) is 10.0. The van der Waals surface area contributed by atoms with Gasteiger partial charge in [0.2, 0.25) is 0 Å². The molecule has 0 spiro atoms. The molecule has 0 aliphatic heterocycles. The van der Waals surface area contributed by atoms with E-state index < -0.39 is 21.8 Å². The zero-order valence-corrected chi connectivity index (χ0v) is 14.0. The van der Waals surface area contributed by atoms with E-state index in [0.29, 0.717) is 0 Å². The van der Waals surface area contributed by atoms with Gasteiger partial charge in [0.25, 0.3) is 0 Å². The molecular formula is C7H11O5RbS. The van der Waals surface area contributed by atoms with Crippen LogP contribution in [0.3, 0.4) is 0 Å². The van der Waals surface area contributed by atoms with Gasteiger partial charge in [0.15, 0.2) is 0 Å². The predicted molar refractivity (Wildman–Crippen MR) is 45.0 cm³/mol. The van der Waals surface area contributed by atoms with E-state index in [2.05, 4.69) is 11.3 Å². The molecule has 14 heavy (non-hydrogen) atoms. The van der Waals surface area contributed by atoms with Crippen LogP contribution in [0.1, 0.15) is 13.3 Å². The average Bonchev–Trinajstić information content (AvgIpc) is 1.95. The van der Waals surface area contributed by atoms with Gasteiger partial charge in [-0.25, -0.2) is 13.2 Å². The normalized spacial score (nSPS) is 10.1. The van der Waals surface area contributed by atoms with Crippen LogP contribution in [0.15, 0.2) is 12.2 Å². The quantitative estimate of drug-likeness (QED) is 0.234. The Bertz CT molecular complexity index is 295. The first-order valence-electron chi connectivity index (χ1n) is 3.59. The van der Waals surface area contributed by atoms with E-state index in [1.165, 1.54) is 6.92 Å². The van der Waals surface area contributed by atoms with Crippen LogP contribution in [0, 0.1) is 0 Å². The van der Waals surface area contributed by atoms with Crippen molar-refractivity contribution >= 4 is 16.1 Å². The minimum absolute atomic E-state index is 0. The van der Waals surface area contributed by atoms with E-state index >= 15 is 0 Å². The van der Waals surface area contributed by atoms with Crippen molar-refractivity contribution in [3.8, 4) is 0 Å². The zero-order chi connectivity index (χ0) is 10.5. The van der Waals surface area contributed by atoms with E-state index in [9.17, 15) is 17.8 Å². The van der Waals surface area contributed by atoms with Crippen molar-refractivity contribution in [1.29, 1.82) is 0 Å². The van der Waals surface area contributed by atoms with Crippen LogP contribution < -0.4 is 58.2 Å². The molecule has 0 amide bonds. The SMILES string of the molecule is C=C(C)C(=O)OCCCS(=O)(=O)[O-].[Rb+]. The molecule has 76 valence electrons.